The summed E-state index contributed by atoms with van der Waals surface area (Å²) in [6, 6.07) is 11.8. The Bertz CT molecular complexity index is 632. The van der Waals surface area contributed by atoms with E-state index in [1.165, 1.54) is 0 Å². The zero-order valence-electron chi connectivity index (χ0n) is 10.3. The van der Waals surface area contributed by atoms with E-state index in [0.717, 1.165) is 5.56 Å². The van der Waals surface area contributed by atoms with Gasteiger partial charge < -0.3 is 10.6 Å². The lowest BCUT2D eigenvalue weighted by atomic mass is 10.2. The first kappa shape index (κ1) is 15.0. The highest BCUT2D eigenvalue weighted by atomic mass is 35.5. The van der Waals surface area contributed by atoms with Crippen LogP contribution in [0.3, 0.4) is 0 Å². The maximum Gasteiger partial charge on any atom is 0.319 e. The summed E-state index contributed by atoms with van der Waals surface area (Å²) in [5.41, 5.74) is 1.41. The zero-order chi connectivity index (χ0) is 14.5. The zero-order valence-corrected chi connectivity index (χ0v) is 12.6. The number of halogens is 3. The van der Waals surface area contributed by atoms with Crippen LogP contribution in [0, 0.1) is 0 Å². The van der Waals surface area contributed by atoms with Crippen molar-refractivity contribution in [2.24, 2.45) is 0 Å². The van der Waals surface area contributed by atoms with E-state index < -0.39 is 0 Å². The van der Waals surface area contributed by atoms with Crippen molar-refractivity contribution in [3.8, 4) is 0 Å². The first-order valence-corrected chi connectivity index (χ1v) is 6.92. The van der Waals surface area contributed by atoms with E-state index in [-0.39, 0.29) is 6.03 Å². The van der Waals surface area contributed by atoms with Crippen molar-refractivity contribution in [1.29, 1.82) is 0 Å². The standard InChI is InChI=1S/C14H11Cl3N2O/c15-10-3-1-2-9(6-10)8-18-14(20)19-13-5-4-11(16)7-12(13)17/h1-7H,8H2,(H2,18,19,20). The van der Waals surface area contributed by atoms with E-state index in [0.29, 0.717) is 27.3 Å². The van der Waals surface area contributed by atoms with E-state index in [1.54, 1.807) is 30.3 Å². The highest BCUT2D eigenvalue weighted by Gasteiger charge is 2.06. The minimum atomic E-state index is -0.353. The number of carbonyl (C=O) groups is 1. The van der Waals surface area contributed by atoms with Crippen LogP contribution in [0.2, 0.25) is 15.1 Å². The maximum absolute atomic E-state index is 11.8. The number of amides is 2. The molecule has 2 aromatic carbocycles. The van der Waals surface area contributed by atoms with Gasteiger partial charge in [-0.2, -0.15) is 0 Å². The predicted octanol–water partition coefficient (Wildman–Crippen LogP) is 4.97. The highest BCUT2D eigenvalue weighted by Crippen LogP contribution is 2.25. The summed E-state index contributed by atoms with van der Waals surface area (Å²) in [5, 5.41) is 6.89. The number of carbonyl (C=O) groups excluding carboxylic acids is 1. The normalized spacial score (nSPS) is 10.2. The minimum absolute atomic E-state index is 0.353. The minimum Gasteiger partial charge on any atom is -0.334 e. The average molecular weight is 330 g/mol. The van der Waals surface area contributed by atoms with Gasteiger partial charge in [-0.1, -0.05) is 46.9 Å². The Morgan fingerprint density at radius 1 is 1.00 bits per heavy atom. The number of benzene rings is 2. The molecule has 0 aliphatic carbocycles. The molecule has 3 nitrogen and oxygen atoms in total. The molecule has 0 heterocycles. The molecule has 20 heavy (non-hydrogen) atoms. The quantitative estimate of drug-likeness (QED) is 0.820. The van der Waals surface area contributed by atoms with Gasteiger partial charge in [-0.3, -0.25) is 0 Å². The van der Waals surface area contributed by atoms with Gasteiger partial charge in [-0.15, -0.1) is 0 Å². The van der Waals surface area contributed by atoms with Gasteiger partial charge in [0.25, 0.3) is 0 Å². The third-order valence-corrected chi connectivity index (χ3v) is 3.30. The van der Waals surface area contributed by atoms with E-state index in [9.17, 15) is 4.79 Å². The summed E-state index contributed by atoms with van der Waals surface area (Å²) in [7, 11) is 0. The molecular formula is C14H11Cl3N2O. The SMILES string of the molecule is O=C(NCc1cccc(Cl)c1)Nc1ccc(Cl)cc1Cl. The fourth-order valence-electron chi connectivity index (χ4n) is 1.59. The third kappa shape index (κ3) is 4.30. The molecule has 104 valence electrons. The summed E-state index contributed by atoms with van der Waals surface area (Å²) in [6.07, 6.45) is 0. The van der Waals surface area contributed by atoms with Crippen molar-refractivity contribution in [1.82, 2.24) is 5.32 Å². The molecule has 0 radical (unpaired) electrons. The van der Waals surface area contributed by atoms with Crippen LogP contribution < -0.4 is 10.6 Å². The molecule has 0 spiro atoms. The van der Waals surface area contributed by atoms with Crippen molar-refractivity contribution < 1.29 is 4.79 Å². The van der Waals surface area contributed by atoms with Gasteiger partial charge >= 0.3 is 6.03 Å². The number of nitrogens with one attached hydrogen (secondary N) is 2. The lowest BCUT2D eigenvalue weighted by molar-refractivity contribution is 0.251. The second-order valence-corrected chi connectivity index (χ2v) is 5.34. The van der Waals surface area contributed by atoms with E-state index >= 15 is 0 Å². The summed E-state index contributed by atoms with van der Waals surface area (Å²) in [5.74, 6) is 0. The monoisotopic (exact) mass is 328 g/mol. The van der Waals surface area contributed by atoms with Gasteiger partial charge in [0.1, 0.15) is 0 Å². The van der Waals surface area contributed by atoms with Crippen molar-refractivity contribution >= 4 is 46.5 Å². The molecule has 0 aliphatic rings. The fourth-order valence-corrected chi connectivity index (χ4v) is 2.26. The highest BCUT2D eigenvalue weighted by molar-refractivity contribution is 6.36. The van der Waals surface area contributed by atoms with Crippen LogP contribution in [0.15, 0.2) is 42.5 Å². The third-order valence-electron chi connectivity index (χ3n) is 2.52. The van der Waals surface area contributed by atoms with E-state index in [1.807, 2.05) is 12.1 Å². The number of hydrogen-bond acceptors (Lipinski definition) is 1. The molecule has 6 heteroatoms. The Labute approximate surface area is 131 Å². The average Bonchev–Trinajstić information content (AvgIpc) is 2.40. The van der Waals surface area contributed by atoms with Gasteiger partial charge in [0, 0.05) is 16.6 Å². The van der Waals surface area contributed by atoms with Gasteiger partial charge in [0.2, 0.25) is 0 Å². The smallest absolute Gasteiger partial charge is 0.319 e. The van der Waals surface area contributed by atoms with Crippen molar-refractivity contribution in [3.63, 3.8) is 0 Å². The number of urea groups is 1. The number of anilines is 1. The van der Waals surface area contributed by atoms with Crippen LogP contribution in [0.1, 0.15) is 5.56 Å². The topological polar surface area (TPSA) is 41.1 Å². The molecule has 2 amide bonds. The maximum atomic E-state index is 11.8. The number of rotatable bonds is 3. The fraction of sp³-hybridized carbons (Fsp3) is 0.0714. The molecule has 0 atom stereocenters. The Hall–Kier alpha value is -1.42. The first-order valence-electron chi connectivity index (χ1n) is 5.79. The van der Waals surface area contributed by atoms with E-state index in [4.69, 9.17) is 34.8 Å². The molecule has 0 saturated carbocycles. The molecular weight excluding hydrogens is 319 g/mol. The van der Waals surface area contributed by atoms with Crippen molar-refractivity contribution in [3.05, 3.63) is 63.1 Å². The number of hydrogen-bond donors (Lipinski definition) is 2. The van der Waals surface area contributed by atoms with Crippen molar-refractivity contribution in [2.45, 2.75) is 6.54 Å². The summed E-state index contributed by atoms with van der Waals surface area (Å²) < 4.78 is 0. The van der Waals surface area contributed by atoms with Gasteiger partial charge in [-0.25, -0.2) is 4.79 Å². The summed E-state index contributed by atoms with van der Waals surface area (Å²) >= 11 is 17.6. The Balaban J connectivity index is 1.92. The molecule has 0 aliphatic heterocycles. The van der Waals surface area contributed by atoms with Gasteiger partial charge in [0.15, 0.2) is 0 Å². The summed E-state index contributed by atoms with van der Waals surface area (Å²) in [4.78, 5) is 11.8. The molecule has 0 saturated heterocycles. The van der Waals surface area contributed by atoms with Gasteiger partial charge in [-0.05, 0) is 35.9 Å². The predicted molar refractivity (Wildman–Crippen MR) is 83.8 cm³/mol. The molecule has 0 aromatic heterocycles. The van der Waals surface area contributed by atoms with Gasteiger partial charge in [0.05, 0.1) is 10.7 Å². The first-order chi connectivity index (χ1) is 9.54. The second-order valence-electron chi connectivity index (χ2n) is 4.06. The Morgan fingerprint density at radius 3 is 2.45 bits per heavy atom. The molecule has 0 bridgehead atoms. The molecule has 2 rings (SSSR count). The lowest BCUT2D eigenvalue weighted by Gasteiger charge is -2.09. The Kier molecular flexibility index (Phi) is 5.12. The summed E-state index contributed by atoms with van der Waals surface area (Å²) in [6.45, 7) is 0.373. The van der Waals surface area contributed by atoms with Crippen LogP contribution in [0.25, 0.3) is 0 Å². The molecule has 0 unspecified atom stereocenters. The van der Waals surface area contributed by atoms with Crippen LogP contribution in [0.4, 0.5) is 10.5 Å². The molecule has 2 aromatic rings. The van der Waals surface area contributed by atoms with E-state index in [2.05, 4.69) is 10.6 Å². The molecule has 2 N–H and O–H groups in total. The van der Waals surface area contributed by atoms with Crippen LogP contribution in [-0.4, -0.2) is 6.03 Å². The second kappa shape index (κ2) is 6.84. The van der Waals surface area contributed by atoms with Crippen LogP contribution in [-0.2, 0) is 6.54 Å². The lowest BCUT2D eigenvalue weighted by Crippen LogP contribution is -2.28. The largest absolute Gasteiger partial charge is 0.334 e. The molecule has 0 fully saturated rings. The van der Waals surface area contributed by atoms with Crippen molar-refractivity contribution in [2.75, 3.05) is 5.32 Å². The van der Waals surface area contributed by atoms with Crippen LogP contribution >= 0.6 is 34.8 Å². The van der Waals surface area contributed by atoms with Crippen LogP contribution in [0.5, 0.6) is 0 Å². The Morgan fingerprint density at radius 2 is 1.75 bits per heavy atom.